The molecule has 0 unspecified atom stereocenters. The Balaban J connectivity index is 0.00000162. The van der Waals surface area contributed by atoms with Crippen molar-refractivity contribution in [2.24, 2.45) is 0 Å². The van der Waals surface area contributed by atoms with Gasteiger partial charge in [-0.2, -0.15) is 0 Å². The highest BCUT2D eigenvalue weighted by Gasteiger charge is 2.12. The molecular weight excluding hydrogens is 222 g/mol. The molecule has 18 heavy (non-hydrogen) atoms. The highest BCUT2D eigenvalue weighted by atomic mass is 16.0. The van der Waals surface area contributed by atoms with Crippen LogP contribution in [-0.2, 0) is 6.54 Å². The molecule has 0 aromatic heterocycles. The molecule has 2 heteroatoms. The summed E-state index contributed by atoms with van der Waals surface area (Å²) in [6.07, 6.45) is 0. The second-order valence-corrected chi connectivity index (χ2v) is 5.47. The van der Waals surface area contributed by atoms with Crippen molar-refractivity contribution < 1.29 is 9.96 Å². The summed E-state index contributed by atoms with van der Waals surface area (Å²) < 4.78 is 0.948. The minimum Gasteiger partial charge on any atom is -0.870 e. The van der Waals surface area contributed by atoms with Crippen LogP contribution in [-0.4, -0.2) is 31.1 Å². The number of nitrogens with zero attached hydrogens (tertiary/aromatic N) is 1. The molecule has 0 radical (unpaired) electrons. The quantitative estimate of drug-likeness (QED) is 0.760. The SMILES string of the molecule is C[N+](C)(C)Cc1ccccc1-c1ccccc1.[OH-]. The zero-order valence-corrected chi connectivity index (χ0v) is 11.3. The number of hydrogen-bond donors (Lipinski definition) is 0. The van der Waals surface area contributed by atoms with Crippen LogP contribution in [0.2, 0.25) is 0 Å². The molecule has 0 saturated heterocycles. The predicted octanol–water partition coefficient (Wildman–Crippen LogP) is 3.38. The van der Waals surface area contributed by atoms with E-state index < -0.39 is 0 Å². The Labute approximate surface area is 109 Å². The summed E-state index contributed by atoms with van der Waals surface area (Å²) in [6.45, 7) is 1.05. The van der Waals surface area contributed by atoms with Gasteiger partial charge in [-0.05, 0) is 11.1 Å². The smallest absolute Gasteiger partial charge is 0.104 e. The Morgan fingerprint density at radius 3 is 1.94 bits per heavy atom. The average Bonchev–Trinajstić information content (AvgIpc) is 2.29. The van der Waals surface area contributed by atoms with Gasteiger partial charge in [0.2, 0.25) is 0 Å². The zero-order valence-electron chi connectivity index (χ0n) is 11.3. The van der Waals surface area contributed by atoms with Crippen LogP contribution in [0.4, 0.5) is 0 Å². The first kappa shape index (κ1) is 14.4. The van der Waals surface area contributed by atoms with Crippen LogP contribution in [0, 0.1) is 0 Å². The molecule has 2 rings (SSSR count). The van der Waals surface area contributed by atoms with Gasteiger partial charge in [0.15, 0.2) is 0 Å². The molecule has 0 amide bonds. The Morgan fingerprint density at radius 2 is 1.33 bits per heavy atom. The third-order valence-corrected chi connectivity index (χ3v) is 2.75. The summed E-state index contributed by atoms with van der Waals surface area (Å²) >= 11 is 0. The van der Waals surface area contributed by atoms with E-state index in [-0.39, 0.29) is 5.48 Å². The third-order valence-electron chi connectivity index (χ3n) is 2.75. The fourth-order valence-electron chi connectivity index (χ4n) is 2.07. The fourth-order valence-corrected chi connectivity index (χ4v) is 2.07. The Bertz CT molecular complexity index is 486. The highest BCUT2D eigenvalue weighted by molar-refractivity contribution is 5.66. The van der Waals surface area contributed by atoms with Crippen molar-refractivity contribution in [1.29, 1.82) is 0 Å². The van der Waals surface area contributed by atoms with Crippen molar-refractivity contribution in [3.05, 3.63) is 60.2 Å². The maximum atomic E-state index is 2.23. The average molecular weight is 243 g/mol. The Morgan fingerprint density at radius 1 is 0.778 bits per heavy atom. The lowest BCUT2D eigenvalue weighted by molar-refractivity contribution is -0.883. The lowest BCUT2D eigenvalue weighted by Crippen LogP contribution is -2.33. The van der Waals surface area contributed by atoms with Crippen LogP contribution < -0.4 is 0 Å². The van der Waals surface area contributed by atoms with Gasteiger partial charge >= 0.3 is 0 Å². The molecule has 0 bridgehead atoms. The monoisotopic (exact) mass is 243 g/mol. The van der Waals surface area contributed by atoms with E-state index in [1.807, 2.05) is 0 Å². The van der Waals surface area contributed by atoms with Crippen molar-refractivity contribution in [1.82, 2.24) is 0 Å². The van der Waals surface area contributed by atoms with Crippen molar-refractivity contribution in [3.63, 3.8) is 0 Å². The zero-order chi connectivity index (χ0) is 12.3. The fraction of sp³-hybridized carbons (Fsp3) is 0.250. The van der Waals surface area contributed by atoms with E-state index in [0.717, 1.165) is 11.0 Å². The van der Waals surface area contributed by atoms with Crippen LogP contribution in [0.3, 0.4) is 0 Å². The summed E-state index contributed by atoms with van der Waals surface area (Å²) in [6, 6.07) is 19.3. The van der Waals surface area contributed by atoms with Gasteiger partial charge in [0.1, 0.15) is 6.54 Å². The summed E-state index contributed by atoms with van der Waals surface area (Å²) in [4.78, 5) is 0. The first-order valence-corrected chi connectivity index (χ1v) is 6.00. The van der Waals surface area contributed by atoms with E-state index in [4.69, 9.17) is 0 Å². The molecule has 0 aliphatic heterocycles. The summed E-state index contributed by atoms with van der Waals surface area (Å²) in [7, 11) is 6.67. The summed E-state index contributed by atoms with van der Waals surface area (Å²) in [5, 5.41) is 0. The Hall–Kier alpha value is -1.64. The van der Waals surface area contributed by atoms with E-state index in [9.17, 15) is 0 Å². The topological polar surface area (TPSA) is 30.0 Å². The largest absolute Gasteiger partial charge is 0.870 e. The molecule has 96 valence electrons. The molecule has 0 atom stereocenters. The summed E-state index contributed by atoms with van der Waals surface area (Å²) in [5.74, 6) is 0. The van der Waals surface area contributed by atoms with Gasteiger partial charge in [0.25, 0.3) is 0 Å². The second-order valence-electron chi connectivity index (χ2n) is 5.47. The van der Waals surface area contributed by atoms with Gasteiger partial charge in [-0.25, -0.2) is 0 Å². The maximum absolute atomic E-state index is 2.23. The lowest BCUT2D eigenvalue weighted by Gasteiger charge is -2.25. The van der Waals surface area contributed by atoms with Crippen molar-refractivity contribution >= 4 is 0 Å². The summed E-state index contributed by atoms with van der Waals surface area (Å²) in [5.41, 5.74) is 4.06. The number of hydrogen-bond acceptors (Lipinski definition) is 1. The van der Waals surface area contributed by atoms with E-state index in [1.165, 1.54) is 16.7 Å². The van der Waals surface area contributed by atoms with Crippen LogP contribution in [0.15, 0.2) is 54.6 Å². The molecular formula is C16H21NO. The van der Waals surface area contributed by atoms with Gasteiger partial charge in [-0.15, -0.1) is 0 Å². The van der Waals surface area contributed by atoms with Crippen LogP contribution in [0.1, 0.15) is 5.56 Å². The Kier molecular flexibility index (Phi) is 4.65. The van der Waals surface area contributed by atoms with E-state index in [1.54, 1.807) is 0 Å². The molecule has 1 N–H and O–H groups in total. The van der Waals surface area contributed by atoms with Gasteiger partial charge in [-0.3, -0.25) is 0 Å². The maximum Gasteiger partial charge on any atom is 0.104 e. The van der Waals surface area contributed by atoms with Gasteiger partial charge < -0.3 is 9.96 Å². The van der Waals surface area contributed by atoms with E-state index >= 15 is 0 Å². The van der Waals surface area contributed by atoms with E-state index in [2.05, 4.69) is 75.7 Å². The van der Waals surface area contributed by atoms with Gasteiger partial charge in [-0.1, -0.05) is 54.6 Å². The molecule has 0 aliphatic rings. The number of quaternary nitrogens is 1. The van der Waals surface area contributed by atoms with Crippen molar-refractivity contribution in [3.8, 4) is 11.1 Å². The first-order valence-electron chi connectivity index (χ1n) is 6.00. The van der Waals surface area contributed by atoms with E-state index in [0.29, 0.717) is 0 Å². The molecule has 0 spiro atoms. The molecule has 2 aromatic carbocycles. The predicted molar refractivity (Wildman–Crippen MR) is 75.6 cm³/mol. The molecule has 2 aromatic rings. The van der Waals surface area contributed by atoms with Gasteiger partial charge in [0, 0.05) is 5.56 Å². The lowest BCUT2D eigenvalue weighted by atomic mass is 9.99. The van der Waals surface area contributed by atoms with Crippen molar-refractivity contribution in [2.75, 3.05) is 21.1 Å². The standard InChI is InChI=1S/C16H20N.H2O/c1-17(2,3)13-15-11-7-8-12-16(15)14-9-5-4-6-10-14;/h4-12H,13H2,1-3H3;1H2/q+1;/p-1. The first-order chi connectivity index (χ1) is 8.06. The van der Waals surface area contributed by atoms with Crippen LogP contribution >= 0.6 is 0 Å². The third kappa shape index (κ3) is 3.69. The van der Waals surface area contributed by atoms with Crippen LogP contribution in [0.5, 0.6) is 0 Å². The molecule has 2 nitrogen and oxygen atoms in total. The molecule has 0 saturated carbocycles. The van der Waals surface area contributed by atoms with Crippen LogP contribution in [0.25, 0.3) is 11.1 Å². The molecule has 0 aliphatic carbocycles. The van der Waals surface area contributed by atoms with Gasteiger partial charge in [0.05, 0.1) is 21.1 Å². The highest BCUT2D eigenvalue weighted by Crippen LogP contribution is 2.24. The van der Waals surface area contributed by atoms with Crippen molar-refractivity contribution in [2.45, 2.75) is 6.54 Å². The normalized spacial score (nSPS) is 10.8. The number of benzene rings is 2. The molecule has 0 heterocycles. The number of rotatable bonds is 3. The minimum atomic E-state index is 0. The molecule has 0 fully saturated rings. The minimum absolute atomic E-state index is 0. The second kappa shape index (κ2) is 5.80.